The third-order valence-electron chi connectivity index (χ3n) is 5.34. The first kappa shape index (κ1) is 13.8. The van der Waals surface area contributed by atoms with Crippen molar-refractivity contribution >= 4 is 5.78 Å². The largest absolute Gasteiger partial charge is 0.390 e. The number of ketones is 1. The van der Waals surface area contributed by atoms with Gasteiger partial charge in [0.2, 0.25) is 0 Å². The third kappa shape index (κ3) is 2.67. The van der Waals surface area contributed by atoms with Gasteiger partial charge in [-0.05, 0) is 56.4 Å². The SMILES string of the molecule is O=C1CCC[C@H]2[C@@H]1CCC[C@@]2(O)CCc1ccccc1. The van der Waals surface area contributed by atoms with Gasteiger partial charge >= 0.3 is 0 Å². The average molecular weight is 272 g/mol. The zero-order chi connectivity index (χ0) is 14.0. The minimum Gasteiger partial charge on any atom is -0.390 e. The summed E-state index contributed by atoms with van der Waals surface area (Å²) in [6.45, 7) is 0. The number of Topliss-reactive ketones (excluding diaryl/α,β-unsaturated/α-hetero) is 1. The molecule has 0 aliphatic heterocycles. The molecule has 0 aromatic heterocycles. The molecule has 2 nitrogen and oxygen atoms in total. The van der Waals surface area contributed by atoms with E-state index in [1.807, 2.05) is 18.2 Å². The summed E-state index contributed by atoms with van der Waals surface area (Å²) in [4.78, 5) is 12.1. The molecule has 1 aromatic rings. The van der Waals surface area contributed by atoms with E-state index >= 15 is 0 Å². The maximum Gasteiger partial charge on any atom is 0.136 e. The summed E-state index contributed by atoms with van der Waals surface area (Å²) in [6, 6.07) is 10.4. The second-order valence-electron chi connectivity index (χ2n) is 6.55. The molecule has 0 spiro atoms. The van der Waals surface area contributed by atoms with Gasteiger partial charge in [0.25, 0.3) is 0 Å². The van der Waals surface area contributed by atoms with Crippen molar-refractivity contribution in [3.05, 3.63) is 35.9 Å². The van der Waals surface area contributed by atoms with E-state index in [9.17, 15) is 9.90 Å². The van der Waals surface area contributed by atoms with E-state index in [1.165, 1.54) is 5.56 Å². The maximum atomic E-state index is 12.1. The van der Waals surface area contributed by atoms with Crippen LogP contribution in [0, 0.1) is 11.8 Å². The molecule has 2 saturated carbocycles. The van der Waals surface area contributed by atoms with E-state index in [2.05, 4.69) is 12.1 Å². The first-order chi connectivity index (χ1) is 9.69. The fourth-order valence-electron chi connectivity index (χ4n) is 4.24. The van der Waals surface area contributed by atoms with E-state index in [1.54, 1.807) is 0 Å². The van der Waals surface area contributed by atoms with E-state index in [0.717, 1.165) is 51.4 Å². The monoisotopic (exact) mass is 272 g/mol. The van der Waals surface area contributed by atoms with Crippen molar-refractivity contribution in [1.82, 2.24) is 0 Å². The Labute approximate surface area is 121 Å². The summed E-state index contributed by atoms with van der Waals surface area (Å²) in [6.07, 6.45) is 7.30. The molecule has 0 unspecified atom stereocenters. The van der Waals surface area contributed by atoms with Crippen molar-refractivity contribution in [2.24, 2.45) is 11.8 Å². The number of hydrogen-bond donors (Lipinski definition) is 1. The van der Waals surface area contributed by atoms with Crippen LogP contribution in [0.4, 0.5) is 0 Å². The fraction of sp³-hybridized carbons (Fsp3) is 0.611. The van der Waals surface area contributed by atoms with Crippen molar-refractivity contribution in [2.75, 3.05) is 0 Å². The Bertz CT molecular complexity index is 468. The summed E-state index contributed by atoms with van der Waals surface area (Å²) < 4.78 is 0. The van der Waals surface area contributed by atoms with Crippen LogP contribution in [-0.2, 0) is 11.2 Å². The minimum atomic E-state index is -0.616. The second-order valence-corrected chi connectivity index (χ2v) is 6.55. The van der Waals surface area contributed by atoms with Crippen LogP contribution in [0.25, 0.3) is 0 Å². The highest BCUT2D eigenvalue weighted by atomic mass is 16.3. The normalized spacial score (nSPS) is 33.8. The summed E-state index contributed by atoms with van der Waals surface area (Å²) in [5, 5.41) is 11.1. The smallest absolute Gasteiger partial charge is 0.136 e. The summed E-state index contributed by atoms with van der Waals surface area (Å²) in [5.74, 6) is 0.749. The van der Waals surface area contributed by atoms with Crippen LogP contribution < -0.4 is 0 Å². The molecule has 2 fully saturated rings. The lowest BCUT2D eigenvalue weighted by molar-refractivity contribution is -0.142. The van der Waals surface area contributed by atoms with Gasteiger partial charge in [0.05, 0.1) is 5.60 Å². The van der Waals surface area contributed by atoms with Crippen LogP contribution in [0.15, 0.2) is 30.3 Å². The first-order valence-corrected chi connectivity index (χ1v) is 7.98. The van der Waals surface area contributed by atoms with E-state index in [0.29, 0.717) is 5.78 Å². The summed E-state index contributed by atoms with van der Waals surface area (Å²) >= 11 is 0. The van der Waals surface area contributed by atoms with Gasteiger partial charge in [-0.3, -0.25) is 4.79 Å². The Morgan fingerprint density at radius 1 is 1.15 bits per heavy atom. The molecule has 0 heterocycles. The van der Waals surface area contributed by atoms with Crippen molar-refractivity contribution < 1.29 is 9.90 Å². The molecule has 0 saturated heterocycles. The van der Waals surface area contributed by atoms with Crippen LogP contribution in [0.3, 0.4) is 0 Å². The standard InChI is InChI=1S/C18H24O2/c19-17-10-4-9-16-15(17)8-5-12-18(16,20)13-11-14-6-2-1-3-7-14/h1-3,6-7,15-16,20H,4-5,8-13H2/t15-,16-,18+/m0/s1. The van der Waals surface area contributed by atoms with E-state index < -0.39 is 5.60 Å². The van der Waals surface area contributed by atoms with Crippen molar-refractivity contribution in [2.45, 2.75) is 57.0 Å². The quantitative estimate of drug-likeness (QED) is 0.914. The lowest BCUT2D eigenvalue weighted by atomic mass is 9.61. The Morgan fingerprint density at radius 3 is 2.75 bits per heavy atom. The molecule has 2 aliphatic rings. The molecule has 0 radical (unpaired) electrons. The van der Waals surface area contributed by atoms with Gasteiger partial charge in [-0.1, -0.05) is 30.3 Å². The van der Waals surface area contributed by atoms with Gasteiger partial charge in [-0.2, -0.15) is 0 Å². The lowest BCUT2D eigenvalue weighted by Gasteiger charge is -2.46. The number of carbonyl (C=O) groups is 1. The Hall–Kier alpha value is -1.15. The zero-order valence-electron chi connectivity index (χ0n) is 12.1. The molecule has 1 aromatic carbocycles. The molecule has 0 bridgehead atoms. The first-order valence-electron chi connectivity index (χ1n) is 7.98. The summed E-state index contributed by atoms with van der Waals surface area (Å²) in [7, 11) is 0. The van der Waals surface area contributed by atoms with Crippen molar-refractivity contribution in [3.63, 3.8) is 0 Å². The summed E-state index contributed by atoms with van der Waals surface area (Å²) in [5.41, 5.74) is 0.666. The number of carbonyl (C=O) groups excluding carboxylic acids is 1. The Balaban J connectivity index is 1.71. The highest BCUT2D eigenvalue weighted by Gasteiger charge is 2.47. The number of benzene rings is 1. The van der Waals surface area contributed by atoms with Gasteiger partial charge in [0.15, 0.2) is 0 Å². The molecule has 0 amide bonds. The molecule has 108 valence electrons. The van der Waals surface area contributed by atoms with Gasteiger partial charge < -0.3 is 5.11 Å². The second kappa shape index (κ2) is 5.69. The third-order valence-corrected chi connectivity index (χ3v) is 5.34. The minimum absolute atomic E-state index is 0.137. The fourth-order valence-corrected chi connectivity index (χ4v) is 4.24. The van der Waals surface area contributed by atoms with E-state index in [-0.39, 0.29) is 11.8 Å². The Kier molecular flexibility index (Phi) is 3.93. The van der Waals surface area contributed by atoms with Gasteiger partial charge in [0.1, 0.15) is 5.78 Å². The van der Waals surface area contributed by atoms with Crippen LogP contribution in [0.5, 0.6) is 0 Å². The number of hydrogen-bond acceptors (Lipinski definition) is 2. The number of aliphatic hydroxyl groups is 1. The number of aryl methyl sites for hydroxylation is 1. The van der Waals surface area contributed by atoms with Gasteiger partial charge in [0, 0.05) is 12.3 Å². The maximum absolute atomic E-state index is 12.1. The highest BCUT2D eigenvalue weighted by Crippen LogP contribution is 2.46. The van der Waals surface area contributed by atoms with Crippen LogP contribution >= 0.6 is 0 Å². The lowest BCUT2D eigenvalue weighted by Crippen LogP contribution is -2.49. The molecule has 1 N–H and O–H groups in total. The predicted octanol–water partition coefficient (Wildman–Crippen LogP) is 3.52. The van der Waals surface area contributed by atoms with Crippen LogP contribution in [-0.4, -0.2) is 16.5 Å². The highest BCUT2D eigenvalue weighted by molar-refractivity contribution is 5.82. The van der Waals surface area contributed by atoms with Gasteiger partial charge in [-0.15, -0.1) is 0 Å². The van der Waals surface area contributed by atoms with Gasteiger partial charge in [-0.25, -0.2) is 0 Å². The molecule has 20 heavy (non-hydrogen) atoms. The molecule has 2 aliphatic carbocycles. The average Bonchev–Trinajstić information content (AvgIpc) is 2.48. The van der Waals surface area contributed by atoms with Crippen LogP contribution in [0.1, 0.15) is 50.5 Å². The van der Waals surface area contributed by atoms with Crippen molar-refractivity contribution in [1.29, 1.82) is 0 Å². The number of rotatable bonds is 3. The zero-order valence-corrected chi connectivity index (χ0v) is 12.1. The molecular formula is C18H24O2. The molecule has 3 atom stereocenters. The molecule has 2 heteroatoms. The Morgan fingerprint density at radius 2 is 1.95 bits per heavy atom. The molecule has 3 rings (SSSR count). The van der Waals surface area contributed by atoms with Crippen molar-refractivity contribution in [3.8, 4) is 0 Å². The topological polar surface area (TPSA) is 37.3 Å². The predicted molar refractivity (Wildman–Crippen MR) is 79.4 cm³/mol. The number of fused-ring (bicyclic) bond motifs is 1. The van der Waals surface area contributed by atoms with E-state index in [4.69, 9.17) is 0 Å². The van der Waals surface area contributed by atoms with Crippen LogP contribution in [0.2, 0.25) is 0 Å². The molecular weight excluding hydrogens is 248 g/mol.